The second-order valence-electron chi connectivity index (χ2n) is 5.32. The largest absolute Gasteiger partial charge is 0.340 e. The van der Waals surface area contributed by atoms with Gasteiger partial charge >= 0.3 is 0 Å². The fourth-order valence-corrected chi connectivity index (χ4v) is 2.33. The molecule has 90 valence electrons. The van der Waals surface area contributed by atoms with E-state index >= 15 is 0 Å². The normalized spacial score (nSPS) is 12.1. The highest BCUT2D eigenvalue weighted by Crippen LogP contribution is 2.33. The van der Waals surface area contributed by atoms with Gasteiger partial charge < -0.3 is 4.57 Å². The van der Waals surface area contributed by atoms with Crippen molar-refractivity contribution in [1.82, 2.24) is 4.57 Å². The molecule has 2 nitrogen and oxygen atoms in total. The number of halogens is 1. The summed E-state index contributed by atoms with van der Waals surface area (Å²) in [7, 11) is 1.88. The number of para-hydroxylation sites is 1. The van der Waals surface area contributed by atoms with E-state index in [1.54, 1.807) is 0 Å². The Labute approximate surface area is 106 Å². The molecule has 1 aromatic heterocycles. The number of carbonyl (C=O) groups excluding carboxylic acids is 1. The molecule has 0 saturated heterocycles. The summed E-state index contributed by atoms with van der Waals surface area (Å²) in [4.78, 5) is 12.4. The van der Waals surface area contributed by atoms with Gasteiger partial charge in [0.25, 0.3) is 0 Å². The molecule has 2 aromatic rings. The van der Waals surface area contributed by atoms with Crippen LogP contribution in [0.4, 0.5) is 0 Å². The van der Waals surface area contributed by atoms with E-state index in [4.69, 9.17) is 11.6 Å². The third kappa shape index (κ3) is 1.87. The van der Waals surface area contributed by atoms with Crippen LogP contribution in [0.2, 0.25) is 5.02 Å². The molecule has 0 aliphatic heterocycles. The van der Waals surface area contributed by atoms with E-state index in [-0.39, 0.29) is 5.78 Å². The van der Waals surface area contributed by atoms with E-state index < -0.39 is 5.41 Å². The Hall–Kier alpha value is -1.28. The zero-order chi connectivity index (χ0) is 12.8. The molecule has 1 aromatic carbocycles. The van der Waals surface area contributed by atoms with Gasteiger partial charge in [0.2, 0.25) is 0 Å². The summed E-state index contributed by atoms with van der Waals surface area (Å²) < 4.78 is 1.88. The van der Waals surface area contributed by atoms with E-state index in [2.05, 4.69) is 0 Å². The van der Waals surface area contributed by atoms with Crippen LogP contribution in [0, 0.1) is 5.41 Å². The maximum atomic E-state index is 12.4. The zero-order valence-corrected chi connectivity index (χ0v) is 11.3. The molecule has 0 aliphatic rings. The van der Waals surface area contributed by atoms with Gasteiger partial charge in [-0.05, 0) is 6.07 Å². The highest BCUT2D eigenvalue weighted by atomic mass is 35.5. The predicted molar refractivity (Wildman–Crippen MR) is 71.7 cm³/mol. The molecule has 0 radical (unpaired) electrons. The van der Waals surface area contributed by atoms with Crippen LogP contribution in [0.25, 0.3) is 10.9 Å². The first-order valence-electron chi connectivity index (χ1n) is 5.61. The van der Waals surface area contributed by atoms with E-state index in [9.17, 15) is 4.79 Å². The number of Topliss-reactive ketones (excluding diaryl/α,β-unsaturated/α-hetero) is 1. The van der Waals surface area contributed by atoms with Crippen molar-refractivity contribution in [2.75, 3.05) is 0 Å². The topological polar surface area (TPSA) is 22.0 Å². The average Bonchev–Trinajstić information content (AvgIpc) is 2.51. The van der Waals surface area contributed by atoms with E-state index in [1.807, 2.05) is 56.7 Å². The van der Waals surface area contributed by atoms with Crippen LogP contribution in [0.15, 0.2) is 24.3 Å². The van der Waals surface area contributed by atoms with Gasteiger partial charge in [-0.1, -0.05) is 50.6 Å². The van der Waals surface area contributed by atoms with Gasteiger partial charge in [-0.15, -0.1) is 0 Å². The van der Waals surface area contributed by atoms with Gasteiger partial charge in [0.05, 0.1) is 5.02 Å². The number of ketones is 1. The second-order valence-corrected chi connectivity index (χ2v) is 5.70. The summed E-state index contributed by atoms with van der Waals surface area (Å²) in [5, 5.41) is 1.49. The minimum atomic E-state index is -0.425. The summed E-state index contributed by atoms with van der Waals surface area (Å²) in [6.45, 7) is 5.72. The van der Waals surface area contributed by atoms with Crippen molar-refractivity contribution in [3.63, 3.8) is 0 Å². The van der Waals surface area contributed by atoms with Crippen LogP contribution in [0.1, 0.15) is 31.3 Å². The van der Waals surface area contributed by atoms with Crippen LogP contribution in [-0.2, 0) is 7.05 Å². The van der Waals surface area contributed by atoms with Crippen molar-refractivity contribution in [2.45, 2.75) is 20.8 Å². The van der Waals surface area contributed by atoms with Crippen molar-refractivity contribution in [3.05, 3.63) is 35.0 Å². The fraction of sp³-hybridized carbons (Fsp3) is 0.357. The molecule has 0 amide bonds. The summed E-state index contributed by atoms with van der Waals surface area (Å²) in [5.41, 5.74) is 1.16. The van der Waals surface area contributed by atoms with Crippen molar-refractivity contribution in [1.29, 1.82) is 0 Å². The van der Waals surface area contributed by atoms with Crippen LogP contribution in [0.5, 0.6) is 0 Å². The Balaban J connectivity index is 2.75. The molecule has 1 heterocycles. The second kappa shape index (κ2) is 3.88. The number of hydrogen-bond donors (Lipinski definition) is 0. The maximum Gasteiger partial charge on any atom is 0.186 e. The molecule has 0 spiro atoms. The standard InChI is InChI=1S/C14H16ClNO/c1-14(2,3)13(17)12-11(15)9-7-5-6-8-10(9)16(12)4/h5-8H,1-4H3. The lowest BCUT2D eigenvalue weighted by Gasteiger charge is -2.17. The summed E-state index contributed by atoms with van der Waals surface area (Å²) in [6.07, 6.45) is 0. The predicted octanol–water partition coefficient (Wildman–Crippen LogP) is 4.06. The first-order valence-corrected chi connectivity index (χ1v) is 5.99. The Morgan fingerprint density at radius 2 is 1.82 bits per heavy atom. The Kier molecular flexibility index (Phi) is 2.78. The molecule has 0 bridgehead atoms. The Morgan fingerprint density at radius 1 is 1.24 bits per heavy atom. The lowest BCUT2D eigenvalue weighted by molar-refractivity contribution is 0.0850. The molecule has 0 aliphatic carbocycles. The van der Waals surface area contributed by atoms with Crippen LogP contribution in [-0.4, -0.2) is 10.4 Å². The van der Waals surface area contributed by atoms with Crippen LogP contribution in [0.3, 0.4) is 0 Å². The number of nitrogens with zero attached hydrogens (tertiary/aromatic N) is 1. The molecule has 0 N–H and O–H groups in total. The number of benzene rings is 1. The zero-order valence-electron chi connectivity index (χ0n) is 10.5. The first kappa shape index (κ1) is 12.2. The van der Waals surface area contributed by atoms with Gasteiger partial charge in [0.1, 0.15) is 5.69 Å². The minimum absolute atomic E-state index is 0.0706. The third-order valence-electron chi connectivity index (χ3n) is 2.94. The molecule has 0 fully saturated rings. The summed E-state index contributed by atoms with van der Waals surface area (Å²) in [6, 6.07) is 7.79. The fourth-order valence-electron chi connectivity index (χ4n) is 1.95. The number of fused-ring (bicyclic) bond motifs is 1. The van der Waals surface area contributed by atoms with E-state index in [1.165, 1.54) is 0 Å². The van der Waals surface area contributed by atoms with Crippen molar-refractivity contribution in [2.24, 2.45) is 12.5 Å². The molecule has 0 saturated carbocycles. The molecular formula is C14H16ClNO. The lowest BCUT2D eigenvalue weighted by Crippen LogP contribution is -2.22. The van der Waals surface area contributed by atoms with E-state index in [0.717, 1.165) is 10.9 Å². The van der Waals surface area contributed by atoms with Crippen molar-refractivity contribution < 1.29 is 4.79 Å². The Bertz CT molecular complexity index is 551. The summed E-state index contributed by atoms with van der Waals surface area (Å²) in [5.74, 6) is 0.0706. The molecule has 0 unspecified atom stereocenters. The lowest BCUT2D eigenvalue weighted by atomic mass is 9.89. The SMILES string of the molecule is Cn1c(C(=O)C(C)(C)C)c(Cl)c2ccccc21. The Morgan fingerprint density at radius 3 is 2.35 bits per heavy atom. The molecular weight excluding hydrogens is 234 g/mol. The monoisotopic (exact) mass is 249 g/mol. The van der Waals surface area contributed by atoms with Crippen LogP contribution >= 0.6 is 11.6 Å². The minimum Gasteiger partial charge on any atom is -0.340 e. The van der Waals surface area contributed by atoms with Gasteiger partial charge in [0.15, 0.2) is 5.78 Å². The highest BCUT2D eigenvalue weighted by molar-refractivity contribution is 6.39. The highest BCUT2D eigenvalue weighted by Gasteiger charge is 2.28. The number of aryl methyl sites for hydroxylation is 1. The number of aromatic nitrogens is 1. The molecule has 3 heteroatoms. The number of rotatable bonds is 1. The smallest absolute Gasteiger partial charge is 0.186 e. The number of carbonyl (C=O) groups is 1. The van der Waals surface area contributed by atoms with Gasteiger partial charge in [-0.3, -0.25) is 4.79 Å². The molecule has 0 atom stereocenters. The van der Waals surface area contributed by atoms with Gasteiger partial charge in [-0.25, -0.2) is 0 Å². The average molecular weight is 250 g/mol. The van der Waals surface area contributed by atoms with E-state index in [0.29, 0.717) is 10.7 Å². The quantitative estimate of drug-likeness (QED) is 0.699. The van der Waals surface area contributed by atoms with Gasteiger partial charge in [-0.2, -0.15) is 0 Å². The van der Waals surface area contributed by atoms with Gasteiger partial charge in [0, 0.05) is 23.4 Å². The maximum absolute atomic E-state index is 12.4. The molecule has 17 heavy (non-hydrogen) atoms. The third-order valence-corrected chi connectivity index (χ3v) is 3.32. The summed E-state index contributed by atoms with van der Waals surface area (Å²) >= 11 is 6.32. The number of hydrogen-bond acceptors (Lipinski definition) is 1. The first-order chi connectivity index (χ1) is 7.84. The molecule has 2 rings (SSSR count). The van der Waals surface area contributed by atoms with Crippen LogP contribution < -0.4 is 0 Å². The van der Waals surface area contributed by atoms with Crippen molar-refractivity contribution >= 4 is 28.3 Å². The van der Waals surface area contributed by atoms with Crippen molar-refractivity contribution in [3.8, 4) is 0 Å².